The van der Waals surface area contributed by atoms with E-state index in [0.29, 0.717) is 6.42 Å². The summed E-state index contributed by atoms with van der Waals surface area (Å²) in [7, 11) is 0. The maximum Gasteiger partial charge on any atom is 0.190 e. The van der Waals surface area contributed by atoms with Crippen LogP contribution in [0.1, 0.15) is 89.9 Å². The standard InChI is InChI=1S/C17H31Cl6N/c18-15(17(22,23)24)13-11-9-7-5-3-1-2-4-6-8-10-12-14-16(19,20)21/h15H,1-14,24H2. The van der Waals surface area contributed by atoms with Gasteiger partial charge in [-0.2, -0.15) is 0 Å². The Labute approximate surface area is 178 Å². The van der Waals surface area contributed by atoms with E-state index >= 15 is 0 Å². The lowest BCUT2D eigenvalue weighted by molar-refractivity contribution is 0.528. The fraction of sp³-hybridized carbons (Fsp3) is 1.00. The molecule has 0 heterocycles. The Morgan fingerprint density at radius 1 is 0.583 bits per heavy atom. The number of rotatable bonds is 15. The van der Waals surface area contributed by atoms with Crippen LogP contribution in [0.4, 0.5) is 0 Å². The molecule has 0 spiro atoms. The van der Waals surface area contributed by atoms with Crippen molar-refractivity contribution in [2.45, 2.75) is 104 Å². The van der Waals surface area contributed by atoms with Gasteiger partial charge in [-0.05, 0) is 19.3 Å². The second-order valence-corrected chi connectivity index (χ2v) is 11.0. The van der Waals surface area contributed by atoms with Crippen molar-refractivity contribution in [2.75, 3.05) is 0 Å². The molecule has 0 aromatic heterocycles. The average molecular weight is 462 g/mol. The van der Waals surface area contributed by atoms with Gasteiger partial charge in [-0.3, -0.25) is 5.73 Å². The minimum Gasteiger partial charge on any atom is -0.299 e. The molecule has 0 saturated carbocycles. The Hall–Kier alpha value is 1.70. The minimum absolute atomic E-state index is 0.379. The van der Waals surface area contributed by atoms with E-state index in [4.69, 9.17) is 75.3 Å². The molecule has 0 saturated heterocycles. The van der Waals surface area contributed by atoms with Crippen molar-refractivity contribution in [3.8, 4) is 0 Å². The highest BCUT2D eigenvalue weighted by Gasteiger charge is 2.27. The van der Waals surface area contributed by atoms with E-state index in [1.807, 2.05) is 0 Å². The lowest BCUT2D eigenvalue weighted by atomic mass is 10.0. The van der Waals surface area contributed by atoms with Gasteiger partial charge in [0.1, 0.15) is 0 Å². The van der Waals surface area contributed by atoms with Crippen LogP contribution in [0.2, 0.25) is 0 Å². The molecule has 0 fully saturated rings. The van der Waals surface area contributed by atoms with Gasteiger partial charge >= 0.3 is 0 Å². The van der Waals surface area contributed by atoms with E-state index in [2.05, 4.69) is 0 Å². The van der Waals surface area contributed by atoms with Crippen LogP contribution in [-0.2, 0) is 0 Å². The number of hydrogen-bond donors (Lipinski definition) is 1. The molecule has 0 amide bonds. The lowest BCUT2D eigenvalue weighted by Gasteiger charge is -2.19. The van der Waals surface area contributed by atoms with Gasteiger partial charge in [-0.1, -0.05) is 129 Å². The molecular weight excluding hydrogens is 431 g/mol. The van der Waals surface area contributed by atoms with Gasteiger partial charge in [0, 0.05) is 0 Å². The summed E-state index contributed by atoms with van der Waals surface area (Å²) in [5.41, 5.74) is 5.53. The Morgan fingerprint density at radius 3 is 1.25 bits per heavy atom. The second kappa shape index (κ2) is 14.7. The molecule has 0 aromatic rings. The van der Waals surface area contributed by atoms with Crippen LogP contribution in [0.5, 0.6) is 0 Å². The van der Waals surface area contributed by atoms with Crippen LogP contribution in [0, 0.1) is 0 Å². The summed E-state index contributed by atoms with van der Waals surface area (Å²) in [6.45, 7) is 0. The maximum absolute atomic E-state index is 6.01. The number of hydrogen-bond acceptors (Lipinski definition) is 1. The molecule has 1 unspecified atom stereocenters. The van der Waals surface area contributed by atoms with Crippen molar-refractivity contribution in [3.63, 3.8) is 0 Å². The zero-order valence-corrected chi connectivity index (χ0v) is 18.9. The molecule has 0 bridgehead atoms. The Kier molecular flexibility index (Phi) is 15.8. The molecule has 1 atom stereocenters. The minimum atomic E-state index is -1.32. The molecular formula is C17H31Cl6N. The van der Waals surface area contributed by atoms with Gasteiger partial charge in [0.05, 0.1) is 5.38 Å². The van der Waals surface area contributed by atoms with Crippen molar-refractivity contribution in [1.82, 2.24) is 0 Å². The summed E-state index contributed by atoms with van der Waals surface area (Å²) in [5.74, 6) is 0. The molecule has 0 rings (SSSR count). The quantitative estimate of drug-likeness (QED) is 0.147. The van der Waals surface area contributed by atoms with Crippen molar-refractivity contribution in [2.24, 2.45) is 5.73 Å². The van der Waals surface area contributed by atoms with E-state index in [9.17, 15) is 0 Å². The Bertz CT molecular complexity index is 288. The average Bonchev–Trinajstić information content (AvgIpc) is 2.45. The fourth-order valence-corrected chi connectivity index (χ4v) is 3.38. The van der Waals surface area contributed by atoms with E-state index in [0.717, 1.165) is 32.1 Å². The third kappa shape index (κ3) is 18.5. The third-order valence-corrected chi connectivity index (χ3v) is 5.97. The van der Waals surface area contributed by atoms with Gasteiger partial charge in [-0.25, -0.2) is 0 Å². The van der Waals surface area contributed by atoms with Crippen LogP contribution in [0.15, 0.2) is 0 Å². The van der Waals surface area contributed by atoms with Crippen molar-refractivity contribution >= 4 is 69.6 Å². The third-order valence-electron chi connectivity index (χ3n) is 4.09. The molecule has 0 radical (unpaired) electrons. The summed E-state index contributed by atoms with van der Waals surface area (Å²) in [6, 6.07) is 0. The molecule has 2 N–H and O–H groups in total. The summed E-state index contributed by atoms with van der Waals surface area (Å²) < 4.78 is -2.39. The SMILES string of the molecule is NC(Cl)(Cl)C(Cl)CCCCCCCCCCCCCCC(Cl)(Cl)Cl. The number of unbranched alkanes of at least 4 members (excludes halogenated alkanes) is 11. The van der Waals surface area contributed by atoms with Crippen molar-refractivity contribution in [1.29, 1.82) is 0 Å². The summed E-state index contributed by atoms with van der Waals surface area (Å²) in [4.78, 5) is 0. The molecule has 24 heavy (non-hydrogen) atoms. The highest BCUT2D eigenvalue weighted by atomic mass is 35.6. The number of alkyl halides is 6. The summed E-state index contributed by atoms with van der Waals surface area (Å²) >= 11 is 34.7. The van der Waals surface area contributed by atoms with Crippen LogP contribution >= 0.6 is 69.6 Å². The van der Waals surface area contributed by atoms with E-state index in [1.54, 1.807) is 0 Å². The first-order valence-electron chi connectivity index (χ1n) is 9.00. The lowest BCUT2D eigenvalue weighted by Crippen LogP contribution is -2.36. The molecule has 0 aliphatic rings. The van der Waals surface area contributed by atoms with E-state index in [1.165, 1.54) is 51.4 Å². The molecule has 0 aliphatic carbocycles. The summed E-state index contributed by atoms with van der Waals surface area (Å²) in [5, 5.41) is -0.379. The van der Waals surface area contributed by atoms with Gasteiger partial charge in [-0.15, -0.1) is 11.6 Å². The normalized spacial score (nSPS) is 14.1. The topological polar surface area (TPSA) is 26.0 Å². The second-order valence-electron chi connectivity index (χ2n) is 6.54. The smallest absolute Gasteiger partial charge is 0.190 e. The maximum atomic E-state index is 6.01. The van der Waals surface area contributed by atoms with Gasteiger partial charge < -0.3 is 0 Å². The fourth-order valence-electron chi connectivity index (χ4n) is 2.61. The Balaban J connectivity index is 3.18. The van der Waals surface area contributed by atoms with Gasteiger partial charge in [0.25, 0.3) is 0 Å². The molecule has 146 valence electrons. The monoisotopic (exact) mass is 459 g/mol. The van der Waals surface area contributed by atoms with E-state index < -0.39 is 8.25 Å². The van der Waals surface area contributed by atoms with Gasteiger partial charge in [0.2, 0.25) is 0 Å². The number of halogens is 6. The largest absolute Gasteiger partial charge is 0.299 e. The van der Waals surface area contributed by atoms with Crippen molar-refractivity contribution in [3.05, 3.63) is 0 Å². The molecule has 1 nitrogen and oxygen atoms in total. The highest BCUT2D eigenvalue weighted by Crippen LogP contribution is 2.32. The van der Waals surface area contributed by atoms with Crippen LogP contribution in [0.25, 0.3) is 0 Å². The van der Waals surface area contributed by atoms with Crippen LogP contribution in [-0.4, -0.2) is 13.6 Å². The highest BCUT2D eigenvalue weighted by molar-refractivity contribution is 6.67. The number of nitrogens with two attached hydrogens (primary N) is 1. The van der Waals surface area contributed by atoms with Crippen LogP contribution < -0.4 is 5.73 Å². The Morgan fingerprint density at radius 2 is 0.917 bits per heavy atom. The summed E-state index contributed by atoms with van der Waals surface area (Å²) in [6.07, 6.45) is 16.1. The predicted octanol–water partition coefficient (Wildman–Crippen LogP) is 8.52. The molecule has 0 aliphatic heterocycles. The first-order chi connectivity index (χ1) is 11.1. The molecule has 0 aromatic carbocycles. The van der Waals surface area contributed by atoms with Crippen LogP contribution in [0.3, 0.4) is 0 Å². The van der Waals surface area contributed by atoms with Gasteiger partial charge in [0.15, 0.2) is 8.25 Å². The first-order valence-corrected chi connectivity index (χ1v) is 11.3. The van der Waals surface area contributed by atoms with E-state index in [-0.39, 0.29) is 5.38 Å². The predicted molar refractivity (Wildman–Crippen MR) is 113 cm³/mol. The first kappa shape index (κ1) is 25.7. The molecule has 7 heteroatoms. The zero-order valence-electron chi connectivity index (χ0n) is 14.3. The zero-order chi connectivity index (χ0) is 18.5. The van der Waals surface area contributed by atoms with Crippen molar-refractivity contribution < 1.29 is 0 Å².